The van der Waals surface area contributed by atoms with Crippen molar-refractivity contribution in [3.05, 3.63) is 64.7 Å². The standard InChI is InChI=1S/C22H28N2O3S/c1-16-10-11-19(14-17(16)2)18(3)23-22(25)20-8-7-9-21(15-20)28(26,27)24-12-5-4-6-13-24/h7-11,14-15,18H,4-6,12-13H2,1-3H3,(H,23,25)/t18-/m1/s1. The number of sulfonamides is 1. The van der Waals surface area contributed by atoms with Gasteiger partial charge in [-0.05, 0) is 68.5 Å². The summed E-state index contributed by atoms with van der Waals surface area (Å²) >= 11 is 0. The van der Waals surface area contributed by atoms with E-state index in [2.05, 4.69) is 18.3 Å². The van der Waals surface area contributed by atoms with E-state index < -0.39 is 10.0 Å². The highest BCUT2D eigenvalue weighted by Crippen LogP contribution is 2.22. The number of piperidine rings is 1. The number of aryl methyl sites for hydroxylation is 2. The molecular weight excluding hydrogens is 372 g/mol. The summed E-state index contributed by atoms with van der Waals surface area (Å²) in [5, 5.41) is 2.97. The molecule has 2 aromatic carbocycles. The summed E-state index contributed by atoms with van der Waals surface area (Å²) in [7, 11) is -3.56. The molecule has 1 N–H and O–H groups in total. The molecule has 6 heteroatoms. The average molecular weight is 401 g/mol. The smallest absolute Gasteiger partial charge is 0.251 e. The molecule has 1 fully saturated rings. The lowest BCUT2D eigenvalue weighted by Crippen LogP contribution is -2.35. The van der Waals surface area contributed by atoms with Crippen molar-refractivity contribution in [3.63, 3.8) is 0 Å². The van der Waals surface area contributed by atoms with E-state index in [0.717, 1.165) is 24.8 Å². The number of carbonyl (C=O) groups excluding carboxylic acids is 1. The van der Waals surface area contributed by atoms with Gasteiger partial charge in [0.15, 0.2) is 0 Å². The summed E-state index contributed by atoms with van der Waals surface area (Å²) in [6.07, 6.45) is 2.82. The molecule has 2 aromatic rings. The first kappa shape index (κ1) is 20.6. The highest BCUT2D eigenvalue weighted by Gasteiger charge is 2.26. The molecule has 3 rings (SSSR count). The summed E-state index contributed by atoms with van der Waals surface area (Å²) < 4.78 is 27.3. The second kappa shape index (κ2) is 8.45. The van der Waals surface area contributed by atoms with Gasteiger partial charge in [0.1, 0.15) is 0 Å². The van der Waals surface area contributed by atoms with Crippen LogP contribution in [0.25, 0.3) is 0 Å². The van der Waals surface area contributed by atoms with E-state index in [-0.39, 0.29) is 16.8 Å². The van der Waals surface area contributed by atoms with Crippen molar-refractivity contribution in [1.82, 2.24) is 9.62 Å². The summed E-state index contributed by atoms with van der Waals surface area (Å²) in [6, 6.07) is 12.3. The molecule has 150 valence electrons. The maximum atomic E-state index is 12.9. The van der Waals surface area contributed by atoms with Gasteiger partial charge in [0, 0.05) is 18.7 Å². The molecule has 0 spiro atoms. The van der Waals surface area contributed by atoms with Gasteiger partial charge in [0.25, 0.3) is 5.91 Å². The molecule has 1 atom stereocenters. The minimum absolute atomic E-state index is 0.172. The third-order valence-corrected chi connectivity index (χ3v) is 7.32. The summed E-state index contributed by atoms with van der Waals surface area (Å²) in [6.45, 7) is 7.11. The zero-order valence-corrected chi connectivity index (χ0v) is 17.6. The Morgan fingerprint density at radius 3 is 2.39 bits per heavy atom. The van der Waals surface area contributed by atoms with Crippen LogP contribution in [-0.2, 0) is 10.0 Å². The fourth-order valence-electron chi connectivity index (χ4n) is 3.45. The zero-order chi connectivity index (χ0) is 20.3. The molecule has 1 aliphatic heterocycles. The highest BCUT2D eigenvalue weighted by atomic mass is 32.2. The number of benzene rings is 2. The van der Waals surface area contributed by atoms with E-state index in [4.69, 9.17) is 0 Å². The molecule has 1 aliphatic rings. The molecule has 0 saturated carbocycles. The Labute approximate surface area is 167 Å². The molecule has 0 bridgehead atoms. The van der Waals surface area contributed by atoms with Crippen LogP contribution < -0.4 is 5.32 Å². The largest absolute Gasteiger partial charge is 0.346 e. The molecule has 1 heterocycles. The molecule has 5 nitrogen and oxygen atoms in total. The summed E-state index contributed by atoms with van der Waals surface area (Å²) in [5.74, 6) is -0.276. The Morgan fingerprint density at radius 1 is 1.00 bits per heavy atom. The van der Waals surface area contributed by atoms with E-state index in [9.17, 15) is 13.2 Å². The van der Waals surface area contributed by atoms with Crippen LogP contribution in [0, 0.1) is 13.8 Å². The van der Waals surface area contributed by atoms with Gasteiger partial charge in [-0.3, -0.25) is 4.79 Å². The lowest BCUT2D eigenvalue weighted by Gasteiger charge is -2.26. The van der Waals surface area contributed by atoms with Crippen molar-refractivity contribution < 1.29 is 13.2 Å². The van der Waals surface area contributed by atoms with E-state index >= 15 is 0 Å². The lowest BCUT2D eigenvalue weighted by molar-refractivity contribution is 0.0939. The van der Waals surface area contributed by atoms with Gasteiger partial charge in [-0.2, -0.15) is 4.31 Å². The summed E-state index contributed by atoms with van der Waals surface area (Å²) in [4.78, 5) is 12.9. The Morgan fingerprint density at radius 2 is 1.71 bits per heavy atom. The predicted molar refractivity (Wildman–Crippen MR) is 111 cm³/mol. The molecule has 0 unspecified atom stereocenters. The van der Waals surface area contributed by atoms with Gasteiger partial charge in [-0.15, -0.1) is 0 Å². The van der Waals surface area contributed by atoms with Crippen molar-refractivity contribution in [2.75, 3.05) is 13.1 Å². The Kier molecular flexibility index (Phi) is 6.20. The van der Waals surface area contributed by atoms with Crippen LogP contribution in [-0.4, -0.2) is 31.7 Å². The van der Waals surface area contributed by atoms with Gasteiger partial charge in [-0.25, -0.2) is 8.42 Å². The van der Waals surface area contributed by atoms with Crippen LogP contribution in [0.1, 0.15) is 59.3 Å². The van der Waals surface area contributed by atoms with Crippen LogP contribution >= 0.6 is 0 Å². The van der Waals surface area contributed by atoms with Crippen molar-refractivity contribution in [2.24, 2.45) is 0 Å². The third kappa shape index (κ3) is 4.45. The minimum atomic E-state index is -3.56. The molecule has 1 amide bonds. The molecular formula is C22H28N2O3S. The van der Waals surface area contributed by atoms with Crippen LogP contribution in [0.4, 0.5) is 0 Å². The first-order valence-electron chi connectivity index (χ1n) is 9.77. The number of carbonyl (C=O) groups is 1. The molecule has 28 heavy (non-hydrogen) atoms. The molecule has 1 saturated heterocycles. The van der Waals surface area contributed by atoms with Crippen LogP contribution in [0.15, 0.2) is 47.4 Å². The maximum Gasteiger partial charge on any atom is 0.251 e. The van der Waals surface area contributed by atoms with Gasteiger partial charge in [0.05, 0.1) is 10.9 Å². The number of hydrogen-bond donors (Lipinski definition) is 1. The lowest BCUT2D eigenvalue weighted by atomic mass is 10.0. The SMILES string of the molecule is Cc1ccc([C@@H](C)NC(=O)c2cccc(S(=O)(=O)N3CCCCC3)c2)cc1C. The van der Waals surface area contributed by atoms with Gasteiger partial charge < -0.3 is 5.32 Å². The first-order chi connectivity index (χ1) is 13.3. The zero-order valence-electron chi connectivity index (χ0n) is 16.7. The Hall–Kier alpha value is -2.18. The van der Waals surface area contributed by atoms with Gasteiger partial charge >= 0.3 is 0 Å². The molecule has 0 radical (unpaired) electrons. The predicted octanol–water partition coefficient (Wildman–Crippen LogP) is 3.97. The van der Waals surface area contributed by atoms with Crippen LogP contribution in [0.2, 0.25) is 0 Å². The first-order valence-corrected chi connectivity index (χ1v) is 11.2. The molecule has 0 aromatic heterocycles. The average Bonchev–Trinajstić information content (AvgIpc) is 2.70. The minimum Gasteiger partial charge on any atom is -0.346 e. The van der Waals surface area contributed by atoms with Crippen LogP contribution in [0.5, 0.6) is 0 Å². The number of hydrogen-bond acceptors (Lipinski definition) is 3. The fourth-order valence-corrected chi connectivity index (χ4v) is 5.01. The fraction of sp³-hybridized carbons (Fsp3) is 0.409. The van der Waals surface area contributed by atoms with Crippen LogP contribution in [0.3, 0.4) is 0 Å². The van der Waals surface area contributed by atoms with Crippen molar-refractivity contribution in [3.8, 4) is 0 Å². The maximum absolute atomic E-state index is 12.9. The van der Waals surface area contributed by atoms with E-state index in [0.29, 0.717) is 18.7 Å². The Balaban J connectivity index is 1.77. The second-order valence-electron chi connectivity index (χ2n) is 7.53. The quantitative estimate of drug-likeness (QED) is 0.826. The number of rotatable bonds is 5. The number of nitrogens with zero attached hydrogens (tertiary/aromatic N) is 1. The topological polar surface area (TPSA) is 66.5 Å². The van der Waals surface area contributed by atoms with Crippen molar-refractivity contribution >= 4 is 15.9 Å². The monoisotopic (exact) mass is 400 g/mol. The van der Waals surface area contributed by atoms with E-state index in [1.54, 1.807) is 18.2 Å². The van der Waals surface area contributed by atoms with E-state index in [1.807, 2.05) is 26.0 Å². The highest BCUT2D eigenvalue weighted by molar-refractivity contribution is 7.89. The van der Waals surface area contributed by atoms with Crippen molar-refractivity contribution in [2.45, 2.75) is 51.0 Å². The summed E-state index contributed by atoms with van der Waals surface area (Å²) in [5.41, 5.74) is 3.76. The van der Waals surface area contributed by atoms with E-state index in [1.165, 1.54) is 21.5 Å². The third-order valence-electron chi connectivity index (χ3n) is 5.43. The Bertz CT molecular complexity index is 963. The second-order valence-corrected chi connectivity index (χ2v) is 9.47. The number of nitrogens with one attached hydrogen (secondary N) is 1. The number of amides is 1. The van der Waals surface area contributed by atoms with Gasteiger partial charge in [0.2, 0.25) is 10.0 Å². The van der Waals surface area contributed by atoms with Gasteiger partial charge in [-0.1, -0.05) is 30.7 Å². The molecule has 0 aliphatic carbocycles. The normalized spacial score (nSPS) is 16.5. The van der Waals surface area contributed by atoms with Crippen molar-refractivity contribution in [1.29, 1.82) is 0 Å².